The number of thioether (sulfide) groups is 1. The van der Waals surface area contributed by atoms with E-state index in [1.54, 1.807) is 19.1 Å². The molecule has 28 heavy (non-hydrogen) atoms. The molecule has 2 rings (SSSR count). The number of carbonyl (C=O) groups excluding carboxylic acids is 1. The molecule has 0 unspecified atom stereocenters. The fraction of sp³-hybridized carbons (Fsp3) is 0.421. The molecule has 0 aliphatic heterocycles. The number of aromatic nitrogens is 2. The molecule has 0 aliphatic rings. The first-order chi connectivity index (χ1) is 13.0. The Kier molecular flexibility index (Phi) is 7.19. The highest BCUT2D eigenvalue weighted by molar-refractivity contribution is 8.00. The van der Waals surface area contributed by atoms with Crippen molar-refractivity contribution in [2.45, 2.75) is 48.8 Å². The predicted octanol–water partition coefficient (Wildman–Crippen LogP) is 3.28. The number of benzene rings is 1. The highest BCUT2D eigenvalue weighted by Crippen LogP contribution is 2.25. The van der Waals surface area contributed by atoms with Crippen molar-refractivity contribution in [2.24, 2.45) is 0 Å². The molecule has 1 aromatic heterocycles. The molecule has 0 aliphatic carbocycles. The maximum absolute atomic E-state index is 12.6. The molecular formula is C19H26N4O3S2. The quantitative estimate of drug-likeness (QED) is 0.544. The Morgan fingerprint density at radius 2 is 1.82 bits per heavy atom. The van der Waals surface area contributed by atoms with Crippen LogP contribution in [0.1, 0.15) is 38.2 Å². The van der Waals surface area contributed by atoms with Gasteiger partial charge in [-0.25, -0.2) is 22.7 Å². The number of carbonyl (C=O) groups is 1. The molecule has 1 aromatic carbocycles. The summed E-state index contributed by atoms with van der Waals surface area (Å²) in [6.45, 7) is 7.73. The monoisotopic (exact) mass is 422 g/mol. The van der Waals surface area contributed by atoms with Gasteiger partial charge in [0.1, 0.15) is 10.9 Å². The molecule has 9 heteroatoms. The molecule has 0 fully saturated rings. The van der Waals surface area contributed by atoms with Crippen LogP contribution in [-0.2, 0) is 14.8 Å². The average molecular weight is 423 g/mol. The molecule has 1 amide bonds. The maximum atomic E-state index is 12.6. The Morgan fingerprint density at radius 1 is 1.14 bits per heavy atom. The summed E-state index contributed by atoms with van der Waals surface area (Å²) in [5.74, 6) is 0.716. The molecule has 0 bridgehead atoms. The van der Waals surface area contributed by atoms with Gasteiger partial charge in [0.15, 0.2) is 0 Å². The van der Waals surface area contributed by atoms with Crippen molar-refractivity contribution in [1.82, 2.24) is 14.3 Å². The van der Waals surface area contributed by atoms with Gasteiger partial charge in [-0.05, 0) is 38.1 Å². The van der Waals surface area contributed by atoms with Crippen molar-refractivity contribution in [1.29, 1.82) is 0 Å². The Balaban J connectivity index is 2.13. The highest BCUT2D eigenvalue weighted by atomic mass is 32.2. The van der Waals surface area contributed by atoms with Gasteiger partial charge in [-0.2, -0.15) is 0 Å². The molecule has 1 heterocycles. The second kappa shape index (κ2) is 9.02. The average Bonchev–Trinajstić information content (AvgIpc) is 2.61. The van der Waals surface area contributed by atoms with Gasteiger partial charge in [-0.1, -0.05) is 31.7 Å². The van der Waals surface area contributed by atoms with Crippen LogP contribution in [0, 0.1) is 6.92 Å². The van der Waals surface area contributed by atoms with Crippen molar-refractivity contribution < 1.29 is 13.2 Å². The zero-order chi connectivity index (χ0) is 21.1. The normalized spacial score (nSPS) is 13.0. The van der Waals surface area contributed by atoms with E-state index in [4.69, 9.17) is 0 Å². The van der Waals surface area contributed by atoms with Crippen molar-refractivity contribution in [3.8, 4) is 0 Å². The number of hydrogen-bond donors (Lipinski definition) is 1. The molecule has 2 aromatic rings. The lowest BCUT2D eigenvalue weighted by molar-refractivity contribution is -0.115. The first kappa shape index (κ1) is 22.3. The first-order valence-electron chi connectivity index (χ1n) is 8.86. The van der Waals surface area contributed by atoms with Gasteiger partial charge < -0.3 is 5.32 Å². The van der Waals surface area contributed by atoms with Crippen LogP contribution < -0.4 is 5.32 Å². The fourth-order valence-corrected chi connectivity index (χ4v) is 4.17. The minimum Gasteiger partial charge on any atom is -0.325 e. The predicted molar refractivity (Wildman–Crippen MR) is 112 cm³/mol. The lowest BCUT2D eigenvalue weighted by atomic mass is 10.2. The van der Waals surface area contributed by atoms with Crippen LogP contribution in [0.25, 0.3) is 0 Å². The molecule has 7 nitrogen and oxygen atoms in total. The number of rotatable bonds is 7. The third-order valence-electron chi connectivity index (χ3n) is 3.91. The molecule has 0 radical (unpaired) electrons. The van der Waals surface area contributed by atoms with Crippen molar-refractivity contribution in [2.75, 3.05) is 19.4 Å². The van der Waals surface area contributed by atoms with E-state index in [1.165, 1.54) is 38.0 Å². The van der Waals surface area contributed by atoms with Crippen LogP contribution in [0.3, 0.4) is 0 Å². The third kappa shape index (κ3) is 5.52. The summed E-state index contributed by atoms with van der Waals surface area (Å²) in [6, 6.07) is 8.07. The van der Waals surface area contributed by atoms with Gasteiger partial charge >= 0.3 is 0 Å². The molecular weight excluding hydrogens is 396 g/mol. The first-order valence-corrected chi connectivity index (χ1v) is 11.2. The highest BCUT2D eigenvalue weighted by Gasteiger charge is 2.20. The Morgan fingerprint density at radius 3 is 2.43 bits per heavy atom. The largest absolute Gasteiger partial charge is 0.325 e. The SMILES string of the molecule is Cc1cc(S[C@@H](C)C(=O)Nc2cccc(S(=O)(=O)N(C)C)c2)nc(C(C)C)n1. The molecule has 0 saturated heterocycles. The van der Waals surface area contributed by atoms with Crippen molar-refractivity contribution >= 4 is 33.4 Å². The van der Waals surface area contributed by atoms with Crippen LogP contribution >= 0.6 is 11.8 Å². The van der Waals surface area contributed by atoms with Crippen LogP contribution in [0.4, 0.5) is 5.69 Å². The van der Waals surface area contributed by atoms with Gasteiger partial charge in [0.05, 0.1) is 10.1 Å². The fourth-order valence-electron chi connectivity index (χ4n) is 2.30. The second-order valence-electron chi connectivity index (χ2n) is 6.93. The maximum Gasteiger partial charge on any atom is 0.242 e. The molecule has 1 atom stereocenters. The van der Waals surface area contributed by atoms with Gasteiger partial charge in [-0.3, -0.25) is 4.79 Å². The number of nitrogens with zero attached hydrogens (tertiary/aromatic N) is 3. The standard InChI is InChI=1S/C19H26N4O3S2/c1-12(2)18-20-13(3)10-17(22-18)27-14(4)19(24)21-15-8-7-9-16(11-15)28(25,26)23(5)6/h7-12,14H,1-6H3,(H,21,24)/t14-/m0/s1. The lowest BCUT2D eigenvalue weighted by Gasteiger charge is -2.15. The number of anilines is 1. The van der Waals surface area contributed by atoms with E-state index in [9.17, 15) is 13.2 Å². The van der Waals surface area contributed by atoms with Gasteiger partial charge in [0.25, 0.3) is 0 Å². The Labute approximate surface area is 171 Å². The molecule has 152 valence electrons. The van der Waals surface area contributed by atoms with E-state index in [2.05, 4.69) is 15.3 Å². The molecule has 0 spiro atoms. The summed E-state index contributed by atoms with van der Waals surface area (Å²) in [6.07, 6.45) is 0. The lowest BCUT2D eigenvalue weighted by Crippen LogP contribution is -2.24. The zero-order valence-electron chi connectivity index (χ0n) is 16.9. The topological polar surface area (TPSA) is 92.3 Å². The van der Waals surface area contributed by atoms with Crippen LogP contribution in [0.15, 0.2) is 40.3 Å². The smallest absolute Gasteiger partial charge is 0.242 e. The molecule has 1 N–H and O–H groups in total. The Hall–Kier alpha value is -1.97. The minimum absolute atomic E-state index is 0.128. The van der Waals surface area contributed by atoms with E-state index in [0.29, 0.717) is 5.69 Å². The summed E-state index contributed by atoms with van der Waals surface area (Å²) >= 11 is 1.34. The van der Waals surface area contributed by atoms with E-state index in [-0.39, 0.29) is 16.7 Å². The summed E-state index contributed by atoms with van der Waals surface area (Å²) in [5, 5.41) is 3.10. The third-order valence-corrected chi connectivity index (χ3v) is 6.74. The minimum atomic E-state index is -3.56. The number of hydrogen-bond acceptors (Lipinski definition) is 6. The zero-order valence-corrected chi connectivity index (χ0v) is 18.6. The Bertz CT molecular complexity index is 959. The van der Waals surface area contributed by atoms with E-state index < -0.39 is 15.3 Å². The summed E-state index contributed by atoms with van der Waals surface area (Å²) in [5.41, 5.74) is 1.29. The summed E-state index contributed by atoms with van der Waals surface area (Å²) in [4.78, 5) is 21.6. The van der Waals surface area contributed by atoms with Crippen LogP contribution in [0.2, 0.25) is 0 Å². The number of amides is 1. The van der Waals surface area contributed by atoms with Gasteiger partial charge in [0.2, 0.25) is 15.9 Å². The van der Waals surface area contributed by atoms with Crippen molar-refractivity contribution in [3.63, 3.8) is 0 Å². The summed E-state index contributed by atoms with van der Waals surface area (Å²) in [7, 11) is -0.628. The van der Waals surface area contributed by atoms with E-state index in [0.717, 1.165) is 20.8 Å². The van der Waals surface area contributed by atoms with Crippen LogP contribution in [0.5, 0.6) is 0 Å². The number of sulfonamides is 1. The number of nitrogens with one attached hydrogen (secondary N) is 1. The number of aryl methyl sites for hydroxylation is 1. The van der Waals surface area contributed by atoms with Gasteiger partial charge in [0, 0.05) is 31.4 Å². The van der Waals surface area contributed by atoms with E-state index >= 15 is 0 Å². The summed E-state index contributed by atoms with van der Waals surface area (Å²) < 4.78 is 25.7. The molecule has 0 saturated carbocycles. The van der Waals surface area contributed by atoms with Gasteiger partial charge in [-0.15, -0.1) is 0 Å². The van der Waals surface area contributed by atoms with Crippen molar-refractivity contribution in [3.05, 3.63) is 41.9 Å². The second-order valence-corrected chi connectivity index (χ2v) is 10.4. The van der Waals surface area contributed by atoms with E-state index in [1.807, 2.05) is 26.8 Å². The van der Waals surface area contributed by atoms with Crippen LogP contribution in [-0.4, -0.2) is 47.9 Å².